The van der Waals surface area contributed by atoms with Gasteiger partial charge in [0.1, 0.15) is 6.04 Å². The van der Waals surface area contributed by atoms with Crippen molar-refractivity contribution in [1.29, 1.82) is 0 Å². The Balaban J connectivity index is 1.78. The molecule has 4 aliphatic rings. The zero-order valence-electron chi connectivity index (χ0n) is 16.0. The Kier molecular flexibility index (Phi) is 3.76. The van der Waals surface area contributed by atoms with Gasteiger partial charge in [0.25, 0.3) is 0 Å². The van der Waals surface area contributed by atoms with E-state index in [1.54, 1.807) is 13.0 Å². The molecule has 3 bridgehead atoms. The Morgan fingerprint density at radius 1 is 1.31 bits per heavy atom. The van der Waals surface area contributed by atoms with Gasteiger partial charge in [0.2, 0.25) is 5.91 Å². The molecule has 0 spiro atoms. The summed E-state index contributed by atoms with van der Waals surface area (Å²) in [6.45, 7) is 5.96. The van der Waals surface area contributed by atoms with Crippen molar-refractivity contribution in [3.8, 4) is 0 Å². The minimum atomic E-state index is -0.469. The molecule has 2 aliphatic heterocycles. The van der Waals surface area contributed by atoms with E-state index in [0.717, 1.165) is 31.4 Å². The van der Waals surface area contributed by atoms with Gasteiger partial charge in [-0.05, 0) is 51.4 Å². The third-order valence-corrected chi connectivity index (χ3v) is 7.69. The number of methoxy groups -OCH3 is 1. The maximum atomic E-state index is 12.8. The van der Waals surface area contributed by atoms with E-state index < -0.39 is 6.04 Å². The number of carbonyl (C=O) groups excluding carboxylic acids is 3. The smallest absolute Gasteiger partial charge is 0.308 e. The molecule has 1 amide bonds. The highest BCUT2D eigenvalue weighted by molar-refractivity contribution is 6.00. The summed E-state index contributed by atoms with van der Waals surface area (Å²) in [7, 11) is 1.36. The van der Waals surface area contributed by atoms with E-state index >= 15 is 0 Å². The normalized spacial score (nSPS) is 43.0. The molecular formula is C20H28N2O4. The van der Waals surface area contributed by atoms with Gasteiger partial charge < -0.3 is 15.0 Å². The Morgan fingerprint density at radius 3 is 2.69 bits per heavy atom. The molecular weight excluding hydrogens is 332 g/mol. The maximum absolute atomic E-state index is 12.8. The fraction of sp³-hybridized carbons (Fsp3) is 0.750. The van der Waals surface area contributed by atoms with Gasteiger partial charge in [-0.1, -0.05) is 0 Å². The number of ether oxygens (including phenoxy) is 1. The van der Waals surface area contributed by atoms with Crippen LogP contribution in [0.1, 0.15) is 52.9 Å². The van der Waals surface area contributed by atoms with Crippen LogP contribution >= 0.6 is 0 Å². The molecule has 3 fully saturated rings. The van der Waals surface area contributed by atoms with Crippen LogP contribution in [0.5, 0.6) is 0 Å². The van der Waals surface area contributed by atoms with Crippen LogP contribution in [-0.4, -0.2) is 46.8 Å². The van der Waals surface area contributed by atoms with Gasteiger partial charge in [-0.3, -0.25) is 14.4 Å². The van der Waals surface area contributed by atoms with Crippen molar-refractivity contribution in [2.45, 2.75) is 70.0 Å². The predicted octanol–water partition coefficient (Wildman–Crippen LogP) is 1.79. The number of fused-ring (bicyclic) bond motifs is 5. The average molecular weight is 360 g/mol. The third kappa shape index (κ3) is 2.20. The van der Waals surface area contributed by atoms with Gasteiger partial charge in [0, 0.05) is 35.7 Å². The lowest BCUT2D eigenvalue weighted by molar-refractivity contribution is -0.150. The van der Waals surface area contributed by atoms with Gasteiger partial charge in [-0.25, -0.2) is 0 Å². The van der Waals surface area contributed by atoms with Gasteiger partial charge in [-0.2, -0.15) is 0 Å². The zero-order chi connectivity index (χ0) is 18.9. The van der Waals surface area contributed by atoms with Gasteiger partial charge >= 0.3 is 5.97 Å². The zero-order valence-corrected chi connectivity index (χ0v) is 16.0. The number of piperidine rings is 1. The van der Waals surface area contributed by atoms with Gasteiger partial charge in [-0.15, -0.1) is 0 Å². The summed E-state index contributed by atoms with van der Waals surface area (Å²) in [5, 5.41) is 3.24. The number of amides is 1. The maximum Gasteiger partial charge on any atom is 0.308 e. The quantitative estimate of drug-likeness (QED) is 0.777. The topological polar surface area (TPSA) is 75.7 Å². The number of esters is 1. The molecule has 2 aliphatic carbocycles. The van der Waals surface area contributed by atoms with E-state index in [9.17, 15) is 14.4 Å². The first-order valence-electron chi connectivity index (χ1n) is 9.61. The van der Waals surface area contributed by atoms with Crippen molar-refractivity contribution in [2.75, 3.05) is 7.11 Å². The molecule has 4 rings (SSSR count). The largest absolute Gasteiger partial charge is 0.469 e. The molecule has 2 heterocycles. The summed E-state index contributed by atoms with van der Waals surface area (Å²) in [6.07, 6.45) is 5.89. The lowest BCUT2D eigenvalue weighted by Gasteiger charge is -2.66. The molecule has 2 saturated carbocycles. The van der Waals surface area contributed by atoms with Crippen molar-refractivity contribution < 1.29 is 19.1 Å². The van der Waals surface area contributed by atoms with Crippen LogP contribution in [0.3, 0.4) is 0 Å². The standard InChI is InChI=1S/C20H28N2O4/c1-11(23)21-20(3)12-5-6-19(2)13(7-12)8-14(20)15-9-17(24)16(22(15)19)10-18(25)26-4/h9,12-14,16H,5-8,10H2,1-4H3,(H,21,23)/t12?,13?,14?,16-,19+,20-/m0/s1. The highest BCUT2D eigenvalue weighted by Crippen LogP contribution is 2.62. The fourth-order valence-electron chi connectivity index (χ4n) is 6.38. The van der Waals surface area contributed by atoms with Crippen molar-refractivity contribution in [3.05, 3.63) is 11.8 Å². The molecule has 0 aromatic carbocycles. The number of nitrogens with zero attached hydrogens (tertiary/aromatic N) is 1. The molecule has 142 valence electrons. The molecule has 1 saturated heterocycles. The number of ketones is 1. The van der Waals surface area contributed by atoms with Crippen LogP contribution in [-0.2, 0) is 19.1 Å². The minimum Gasteiger partial charge on any atom is -0.469 e. The van der Waals surface area contributed by atoms with E-state index in [2.05, 4.69) is 24.1 Å². The predicted molar refractivity (Wildman–Crippen MR) is 94.9 cm³/mol. The van der Waals surface area contributed by atoms with Crippen molar-refractivity contribution in [3.63, 3.8) is 0 Å². The first-order valence-corrected chi connectivity index (χ1v) is 9.61. The molecule has 6 heteroatoms. The lowest BCUT2D eigenvalue weighted by atomic mass is 9.50. The number of carbonyl (C=O) groups is 3. The summed E-state index contributed by atoms with van der Waals surface area (Å²) >= 11 is 0. The summed E-state index contributed by atoms with van der Waals surface area (Å²) in [4.78, 5) is 38.9. The van der Waals surface area contributed by atoms with Gasteiger partial charge in [0.05, 0.1) is 13.5 Å². The van der Waals surface area contributed by atoms with E-state index in [-0.39, 0.29) is 41.1 Å². The third-order valence-electron chi connectivity index (χ3n) is 7.69. The Bertz CT molecular complexity index is 717. The molecule has 1 N–H and O–H groups in total. The number of rotatable bonds is 3. The molecule has 26 heavy (non-hydrogen) atoms. The van der Waals surface area contributed by atoms with E-state index in [1.165, 1.54) is 7.11 Å². The average Bonchev–Trinajstić information content (AvgIpc) is 2.89. The SMILES string of the molecule is COC(=O)C[C@H]1C(=O)C=C2C3CC4CC(CC[C@@]4(C)N21)[C@]3(C)NC(C)=O. The highest BCUT2D eigenvalue weighted by atomic mass is 16.5. The number of hydrogen-bond donors (Lipinski definition) is 1. The monoisotopic (exact) mass is 360 g/mol. The van der Waals surface area contributed by atoms with Crippen LogP contribution < -0.4 is 5.32 Å². The van der Waals surface area contributed by atoms with E-state index in [1.807, 2.05) is 0 Å². The molecule has 6 nitrogen and oxygen atoms in total. The summed E-state index contributed by atoms with van der Waals surface area (Å²) in [6, 6.07) is -0.469. The summed E-state index contributed by atoms with van der Waals surface area (Å²) < 4.78 is 4.84. The first kappa shape index (κ1) is 17.6. The molecule has 6 atom stereocenters. The van der Waals surface area contributed by atoms with Crippen molar-refractivity contribution in [1.82, 2.24) is 10.2 Å². The molecule has 0 aromatic rings. The molecule has 0 radical (unpaired) electrons. The fourth-order valence-corrected chi connectivity index (χ4v) is 6.38. The Labute approximate surface area is 154 Å². The number of hydrogen-bond acceptors (Lipinski definition) is 5. The summed E-state index contributed by atoms with van der Waals surface area (Å²) in [5.41, 5.74) is 0.582. The van der Waals surface area contributed by atoms with Crippen LogP contribution in [0.15, 0.2) is 11.8 Å². The van der Waals surface area contributed by atoms with Crippen LogP contribution in [0.4, 0.5) is 0 Å². The number of nitrogens with one attached hydrogen (secondary N) is 1. The second-order valence-corrected chi connectivity index (χ2v) is 8.92. The molecule has 0 aromatic heterocycles. The minimum absolute atomic E-state index is 0.00667. The van der Waals surface area contributed by atoms with Gasteiger partial charge in [0.15, 0.2) is 5.78 Å². The van der Waals surface area contributed by atoms with E-state index in [0.29, 0.717) is 11.8 Å². The first-order chi connectivity index (χ1) is 12.2. The second-order valence-electron chi connectivity index (χ2n) is 8.92. The Morgan fingerprint density at radius 2 is 2.04 bits per heavy atom. The van der Waals surface area contributed by atoms with Crippen molar-refractivity contribution in [2.24, 2.45) is 17.8 Å². The molecule has 3 unspecified atom stereocenters. The van der Waals surface area contributed by atoms with Crippen LogP contribution in [0.2, 0.25) is 0 Å². The summed E-state index contributed by atoms with van der Waals surface area (Å²) in [5.74, 6) is 0.656. The Hall–Kier alpha value is -1.85. The highest BCUT2D eigenvalue weighted by Gasteiger charge is 2.64. The van der Waals surface area contributed by atoms with Crippen LogP contribution in [0.25, 0.3) is 0 Å². The second kappa shape index (κ2) is 5.57. The van der Waals surface area contributed by atoms with E-state index in [4.69, 9.17) is 4.74 Å². The van der Waals surface area contributed by atoms with Crippen molar-refractivity contribution >= 4 is 17.7 Å². The lowest BCUT2D eigenvalue weighted by Crippen LogP contribution is -2.71. The van der Waals surface area contributed by atoms with Crippen LogP contribution in [0, 0.1) is 17.8 Å².